The first kappa shape index (κ1) is 16.2. The number of aromatic nitrogens is 1. The summed E-state index contributed by atoms with van der Waals surface area (Å²) in [6, 6.07) is 6.49. The van der Waals surface area contributed by atoms with Gasteiger partial charge in [0.05, 0.1) is 0 Å². The van der Waals surface area contributed by atoms with Crippen molar-refractivity contribution in [3.8, 4) is 5.75 Å². The second-order valence-electron chi connectivity index (χ2n) is 7.04. The predicted octanol–water partition coefficient (Wildman–Crippen LogP) is 4.41. The lowest BCUT2D eigenvalue weighted by Crippen LogP contribution is -2.25. The van der Waals surface area contributed by atoms with Crippen LogP contribution >= 0.6 is 0 Å². The van der Waals surface area contributed by atoms with Gasteiger partial charge in [-0.3, -0.25) is 0 Å². The van der Waals surface area contributed by atoms with Gasteiger partial charge in [0, 0.05) is 35.6 Å². The molecule has 1 aromatic carbocycles. The van der Waals surface area contributed by atoms with Gasteiger partial charge in [-0.05, 0) is 56.1 Å². The average Bonchev–Trinajstić information content (AvgIpc) is 2.78. The first-order valence-corrected chi connectivity index (χ1v) is 9.27. The molecule has 0 amide bonds. The number of rotatable bonds is 3. The van der Waals surface area contributed by atoms with Crippen molar-refractivity contribution in [2.24, 2.45) is 0 Å². The van der Waals surface area contributed by atoms with Crippen molar-refractivity contribution >= 4 is 10.9 Å². The van der Waals surface area contributed by atoms with Crippen LogP contribution in [0.2, 0.25) is 0 Å². The minimum Gasteiger partial charge on any atom is -0.489 e. The molecular formula is C22H26N2O. The van der Waals surface area contributed by atoms with Crippen molar-refractivity contribution < 1.29 is 4.74 Å². The van der Waals surface area contributed by atoms with Crippen LogP contribution < -0.4 is 4.74 Å². The van der Waals surface area contributed by atoms with E-state index in [0.29, 0.717) is 6.61 Å². The number of nitrogens with one attached hydrogen (secondary N) is 1. The fourth-order valence-electron chi connectivity index (χ4n) is 3.72. The summed E-state index contributed by atoms with van der Waals surface area (Å²) in [6.45, 7) is 2.93. The van der Waals surface area contributed by atoms with E-state index in [-0.39, 0.29) is 0 Å². The Bertz CT molecular complexity index is 841. The first-order valence-electron chi connectivity index (χ1n) is 9.27. The molecule has 4 rings (SSSR count). The van der Waals surface area contributed by atoms with Gasteiger partial charge in [0.2, 0.25) is 0 Å². The van der Waals surface area contributed by atoms with E-state index in [2.05, 4.69) is 65.5 Å². The number of fused-ring (bicyclic) bond motifs is 3. The average molecular weight is 334 g/mol. The number of ether oxygens (including phenoxy) is 1. The lowest BCUT2D eigenvalue weighted by atomic mass is 10.0. The largest absolute Gasteiger partial charge is 0.489 e. The zero-order valence-electron chi connectivity index (χ0n) is 14.9. The zero-order chi connectivity index (χ0) is 17.1. The number of hydrogen-bond acceptors (Lipinski definition) is 2. The first-order chi connectivity index (χ1) is 12.3. The molecule has 0 saturated heterocycles. The van der Waals surface area contributed by atoms with E-state index in [0.717, 1.165) is 31.6 Å². The Morgan fingerprint density at radius 2 is 2.12 bits per heavy atom. The highest BCUT2D eigenvalue weighted by Gasteiger charge is 2.15. The monoisotopic (exact) mass is 334 g/mol. The van der Waals surface area contributed by atoms with Crippen molar-refractivity contribution in [1.82, 2.24) is 9.88 Å². The maximum Gasteiger partial charge on any atom is 0.121 e. The molecule has 25 heavy (non-hydrogen) atoms. The maximum absolute atomic E-state index is 6.03. The van der Waals surface area contributed by atoms with Gasteiger partial charge in [-0.2, -0.15) is 0 Å². The second-order valence-corrected chi connectivity index (χ2v) is 7.04. The summed E-state index contributed by atoms with van der Waals surface area (Å²) in [6.07, 6.45) is 15.1. The van der Waals surface area contributed by atoms with Crippen molar-refractivity contribution in [3.63, 3.8) is 0 Å². The normalized spacial score (nSPS) is 18.4. The molecule has 1 aliphatic carbocycles. The molecule has 2 aromatic rings. The van der Waals surface area contributed by atoms with E-state index in [1.165, 1.54) is 40.7 Å². The van der Waals surface area contributed by atoms with Gasteiger partial charge < -0.3 is 14.6 Å². The molecule has 0 unspecified atom stereocenters. The fraction of sp³-hybridized carbons (Fsp3) is 0.364. The molecule has 0 saturated carbocycles. The number of H-pyrrole nitrogens is 1. The molecular weight excluding hydrogens is 308 g/mol. The molecule has 1 aliphatic heterocycles. The molecule has 2 aliphatic rings. The summed E-state index contributed by atoms with van der Waals surface area (Å²) in [5, 5.41) is 1.37. The Morgan fingerprint density at radius 1 is 1.16 bits per heavy atom. The fourth-order valence-corrected chi connectivity index (χ4v) is 3.72. The third-order valence-electron chi connectivity index (χ3n) is 5.16. The van der Waals surface area contributed by atoms with Crippen LogP contribution in [0, 0.1) is 0 Å². The molecule has 2 heterocycles. The zero-order valence-corrected chi connectivity index (χ0v) is 14.9. The van der Waals surface area contributed by atoms with Crippen molar-refractivity contribution in [2.45, 2.75) is 25.7 Å². The van der Waals surface area contributed by atoms with E-state index in [1.807, 2.05) is 0 Å². The van der Waals surface area contributed by atoms with Gasteiger partial charge in [-0.1, -0.05) is 30.4 Å². The standard InChI is InChI=1S/C22H26N2O/c1-24-13-6-9-19-20-11-10-18(15-22(20)23-21(19)12-14-24)25-16-17-7-4-2-3-5-8-17/h2-4,7-8,10-11,15,23H,5-6,9,12-14,16H2,1H3. The van der Waals surface area contributed by atoms with Gasteiger partial charge in [0.25, 0.3) is 0 Å². The maximum atomic E-state index is 6.03. The van der Waals surface area contributed by atoms with E-state index in [1.54, 1.807) is 0 Å². The van der Waals surface area contributed by atoms with Crippen LogP contribution in [0.5, 0.6) is 5.75 Å². The smallest absolute Gasteiger partial charge is 0.121 e. The quantitative estimate of drug-likeness (QED) is 0.900. The summed E-state index contributed by atoms with van der Waals surface area (Å²) in [5.41, 5.74) is 5.35. The molecule has 1 aromatic heterocycles. The van der Waals surface area contributed by atoms with Crippen molar-refractivity contribution in [2.75, 3.05) is 26.7 Å². The SMILES string of the molecule is CN1CCCc2c([nH]c3cc(OCC4=CCC=CC=C4)ccc23)CC1. The highest BCUT2D eigenvalue weighted by atomic mass is 16.5. The minimum atomic E-state index is 0.620. The Hall–Kier alpha value is -2.26. The van der Waals surface area contributed by atoms with Gasteiger partial charge in [0.1, 0.15) is 12.4 Å². The summed E-state index contributed by atoms with van der Waals surface area (Å²) in [7, 11) is 2.21. The van der Waals surface area contributed by atoms with E-state index in [9.17, 15) is 0 Å². The van der Waals surface area contributed by atoms with Crippen LogP contribution in [0.15, 0.2) is 54.2 Å². The number of aromatic amines is 1. The highest BCUT2D eigenvalue weighted by Crippen LogP contribution is 2.29. The molecule has 0 spiro atoms. The molecule has 3 heteroatoms. The number of likely N-dealkylation sites (N-methyl/N-ethyl adjacent to an activating group) is 1. The number of nitrogens with zero attached hydrogens (tertiary/aromatic N) is 1. The summed E-state index contributed by atoms with van der Waals surface area (Å²) < 4.78 is 6.03. The third kappa shape index (κ3) is 3.72. The molecule has 0 radical (unpaired) electrons. The van der Waals surface area contributed by atoms with Crippen LogP contribution in [-0.2, 0) is 12.8 Å². The Morgan fingerprint density at radius 3 is 3.08 bits per heavy atom. The molecule has 130 valence electrons. The van der Waals surface area contributed by atoms with Gasteiger partial charge in [-0.25, -0.2) is 0 Å². The topological polar surface area (TPSA) is 28.3 Å². The van der Waals surface area contributed by atoms with Crippen LogP contribution in [0.1, 0.15) is 24.1 Å². The van der Waals surface area contributed by atoms with Crippen molar-refractivity contribution in [3.05, 3.63) is 65.4 Å². The summed E-state index contributed by atoms with van der Waals surface area (Å²) in [4.78, 5) is 6.07. The van der Waals surface area contributed by atoms with Crippen LogP contribution in [-0.4, -0.2) is 36.6 Å². The summed E-state index contributed by atoms with van der Waals surface area (Å²) in [5.74, 6) is 0.936. The number of allylic oxidation sites excluding steroid dienone is 4. The van der Waals surface area contributed by atoms with Gasteiger partial charge in [0.15, 0.2) is 0 Å². The molecule has 0 fully saturated rings. The minimum absolute atomic E-state index is 0.620. The highest BCUT2D eigenvalue weighted by molar-refractivity contribution is 5.86. The summed E-state index contributed by atoms with van der Waals surface area (Å²) >= 11 is 0. The Labute approximate surface area is 149 Å². The van der Waals surface area contributed by atoms with Gasteiger partial charge in [-0.15, -0.1) is 0 Å². The van der Waals surface area contributed by atoms with E-state index in [4.69, 9.17) is 4.74 Å². The second kappa shape index (κ2) is 7.32. The van der Waals surface area contributed by atoms with E-state index < -0.39 is 0 Å². The molecule has 1 N–H and O–H groups in total. The Kier molecular flexibility index (Phi) is 4.75. The predicted molar refractivity (Wildman–Crippen MR) is 104 cm³/mol. The third-order valence-corrected chi connectivity index (χ3v) is 5.16. The number of aryl methyl sites for hydroxylation is 1. The lowest BCUT2D eigenvalue weighted by Gasteiger charge is -2.19. The van der Waals surface area contributed by atoms with Crippen LogP contribution in [0.3, 0.4) is 0 Å². The lowest BCUT2D eigenvalue weighted by molar-refractivity contribution is 0.326. The number of benzene rings is 1. The Balaban J connectivity index is 1.53. The van der Waals surface area contributed by atoms with Crippen molar-refractivity contribution in [1.29, 1.82) is 0 Å². The van der Waals surface area contributed by atoms with Crippen LogP contribution in [0.25, 0.3) is 10.9 Å². The molecule has 3 nitrogen and oxygen atoms in total. The number of hydrogen-bond donors (Lipinski definition) is 1. The van der Waals surface area contributed by atoms with Gasteiger partial charge >= 0.3 is 0 Å². The van der Waals surface area contributed by atoms with Crippen LogP contribution in [0.4, 0.5) is 0 Å². The molecule has 0 atom stereocenters. The van der Waals surface area contributed by atoms with E-state index >= 15 is 0 Å². The molecule has 0 bridgehead atoms.